The summed E-state index contributed by atoms with van der Waals surface area (Å²) in [5.74, 6) is -4.84. The van der Waals surface area contributed by atoms with Crippen molar-refractivity contribution in [2.75, 3.05) is 5.32 Å². The van der Waals surface area contributed by atoms with E-state index in [0.29, 0.717) is 0 Å². The summed E-state index contributed by atoms with van der Waals surface area (Å²) >= 11 is 0. The molecule has 1 amide bonds. The third-order valence-electron chi connectivity index (χ3n) is 5.19. The number of fused-ring (bicyclic) bond motifs is 2. The van der Waals surface area contributed by atoms with Crippen molar-refractivity contribution in [2.45, 2.75) is 26.7 Å². The van der Waals surface area contributed by atoms with Gasteiger partial charge in [0.25, 0.3) is 0 Å². The van der Waals surface area contributed by atoms with Gasteiger partial charge in [0.15, 0.2) is 0 Å². The van der Waals surface area contributed by atoms with Crippen LogP contribution in [0.2, 0.25) is 0 Å². The van der Waals surface area contributed by atoms with Crippen LogP contribution in [0.15, 0.2) is 29.3 Å². The first-order chi connectivity index (χ1) is 11.3. The van der Waals surface area contributed by atoms with Crippen molar-refractivity contribution in [3.63, 3.8) is 0 Å². The van der Waals surface area contributed by atoms with E-state index in [9.17, 15) is 23.5 Å². The predicted molar refractivity (Wildman–Crippen MR) is 84.2 cm³/mol. The summed E-state index contributed by atoms with van der Waals surface area (Å²) in [6.07, 6.45) is 1.50. The highest BCUT2D eigenvalue weighted by Gasteiger charge is 2.57. The first-order valence-corrected chi connectivity index (χ1v) is 7.97. The van der Waals surface area contributed by atoms with Crippen LogP contribution in [0.5, 0.6) is 0 Å². The molecule has 0 spiro atoms. The van der Waals surface area contributed by atoms with Gasteiger partial charge >= 0.3 is 5.97 Å². The lowest BCUT2D eigenvalue weighted by Gasteiger charge is -2.26. The van der Waals surface area contributed by atoms with Crippen molar-refractivity contribution < 1.29 is 23.5 Å². The summed E-state index contributed by atoms with van der Waals surface area (Å²) in [7, 11) is 0. The SMILES string of the molecule is CC(C)=C1[C@H]2CC[C@H]1[C@@H](C(=O)Nc1cc(F)ccc1F)[C@H]2C(=O)O. The molecule has 3 rings (SSSR count). The summed E-state index contributed by atoms with van der Waals surface area (Å²) in [6, 6.07) is 2.80. The second-order valence-electron chi connectivity index (χ2n) is 6.75. The second-order valence-corrected chi connectivity index (χ2v) is 6.75. The van der Waals surface area contributed by atoms with Crippen LogP contribution >= 0.6 is 0 Å². The van der Waals surface area contributed by atoms with Gasteiger partial charge in [0.05, 0.1) is 17.5 Å². The van der Waals surface area contributed by atoms with Gasteiger partial charge in [0.1, 0.15) is 11.6 Å². The lowest BCUT2D eigenvalue weighted by Crippen LogP contribution is -2.38. The number of carbonyl (C=O) groups excluding carboxylic acids is 1. The highest BCUT2D eigenvalue weighted by atomic mass is 19.1. The maximum absolute atomic E-state index is 13.8. The lowest BCUT2D eigenvalue weighted by molar-refractivity contribution is -0.148. The van der Waals surface area contributed by atoms with Crippen molar-refractivity contribution in [3.8, 4) is 0 Å². The van der Waals surface area contributed by atoms with Gasteiger partial charge in [-0.05, 0) is 50.7 Å². The topological polar surface area (TPSA) is 66.4 Å². The van der Waals surface area contributed by atoms with Crippen molar-refractivity contribution in [1.29, 1.82) is 0 Å². The van der Waals surface area contributed by atoms with Crippen LogP contribution in [0.4, 0.5) is 14.5 Å². The van der Waals surface area contributed by atoms with Crippen LogP contribution in [0.1, 0.15) is 26.7 Å². The van der Waals surface area contributed by atoms with Crippen LogP contribution in [0, 0.1) is 35.3 Å². The van der Waals surface area contributed by atoms with Gasteiger partial charge in [-0.1, -0.05) is 11.1 Å². The van der Waals surface area contributed by atoms with E-state index in [4.69, 9.17) is 0 Å². The first-order valence-electron chi connectivity index (χ1n) is 7.97. The minimum absolute atomic E-state index is 0.141. The van der Waals surface area contributed by atoms with Gasteiger partial charge in [-0.25, -0.2) is 8.78 Å². The molecule has 2 aliphatic rings. The van der Waals surface area contributed by atoms with Crippen LogP contribution in [0.25, 0.3) is 0 Å². The van der Waals surface area contributed by atoms with E-state index in [2.05, 4.69) is 5.32 Å². The maximum atomic E-state index is 13.8. The molecule has 0 saturated heterocycles. The smallest absolute Gasteiger partial charge is 0.307 e. The number of halogens is 2. The number of carbonyl (C=O) groups is 2. The molecular weight excluding hydrogens is 316 g/mol. The Balaban J connectivity index is 1.92. The minimum Gasteiger partial charge on any atom is -0.481 e. The molecule has 4 atom stereocenters. The Morgan fingerprint density at radius 2 is 1.75 bits per heavy atom. The molecule has 6 heteroatoms. The van der Waals surface area contributed by atoms with Gasteiger partial charge in [-0.3, -0.25) is 9.59 Å². The third kappa shape index (κ3) is 2.60. The fourth-order valence-electron chi connectivity index (χ4n) is 4.41. The molecule has 2 aliphatic carbocycles. The molecule has 2 saturated carbocycles. The van der Waals surface area contributed by atoms with Gasteiger partial charge in [0, 0.05) is 6.07 Å². The Bertz CT molecular complexity index is 740. The zero-order valence-electron chi connectivity index (χ0n) is 13.5. The molecule has 2 bridgehead atoms. The van der Waals surface area contributed by atoms with E-state index in [-0.39, 0.29) is 17.5 Å². The van der Waals surface area contributed by atoms with Crippen molar-refractivity contribution in [1.82, 2.24) is 0 Å². The molecule has 0 aliphatic heterocycles. The molecule has 2 fully saturated rings. The molecule has 0 aromatic heterocycles. The number of carboxylic acids is 1. The van der Waals surface area contributed by atoms with Crippen LogP contribution in [-0.4, -0.2) is 17.0 Å². The molecular formula is C18H19F2NO3. The average molecular weight is 335 g/mol. The third-order valence-corrected chi connectivity index (χ3v) is 5.19. The van der Waals surface area contributed by atoms with Crippen LogP contribution < -0.4 is 5.32 Å². The summed E-state index contributed by atoms with van der Waals surface area (Å²) in [5.41, 5.74) is 1.83. The summed E-state index contributed by atoms with van der Waals surface area (Å²) < 4.78 is 27.0. The Kier molecular flexibility index (Phi) is 4.15. The number of allylic oxidation sites excluding steroid dienone is 2. The second kappa shape index (κ2) is 6.00. The lowest BCUT2D eigenvalue weighted by atomic mass is 9.78. The summed E-state index contributed by atoms with van der Waals surface area (Å²) in [6.45, 7) is 3.85. The number of nitrogens with one attached hydrogen (secondary N) is 1. The molecule has 4 nitrogen and oxygen atoms in total. The zero-order valence-corrected chi connectivity index (χ0v) is 13.5. The number of carboxylic acid groups (broad SMARTS) is 1. The first kappa shape index (κ1) is 16.6. The average Bonchev–Trinajstić information content (AvgIpc) is 3.06. The van der Waals surface area contributed by atoms with Crippen molar-refractivity contribution in [3.05, 3.63) is 41.0 Å². The van der Waals surface area contributed by atoms with E-state index < -0.39 is 35.3 Å². The Hall–Kier alpha value is -2.24. The largest absolute Gasteiger partial charge is 0.481 e. The van der Waals surface area contributed by atoms with Gasteiger partial charge < -0.3 is 10.4 Å². The minimum atomic E-state index is -1.01. The Labute approximate surface area is 138 Å². The molecule has 0 unspecified atom stereocenters. The van der Waals surface area contributed by atoms with Crippen LogP contribution in [0.3, 0.4) is 0 Å². The van der Waals surface area contributed by atoms with E-state index in [1.807, 2.05) is 13.8 Å². The van der Waals surface area contributed by atoms with E-state index >= 15 is 0 Å². The number of benzene rings is 1. The zero-order chi connectivity index (χ0) is 17.6. The van der Waals surface area contributed by atoms with Gasteiger partial charge in [-0.2, -0.15) is 0 Å². The van der Waals surface area contributed by atoms with Crippen LogP contribution in [-0.2, 0) is 9.59 Å². The van der Waals surface area contributed by atoms with Gasteiger partial charge in [-0.15, -0.1) is 0 Å². The van der Waals surface area contributed by atoms with E-state index in [0.717, 1.165) is 42.2 Å². The van der Waals surface area contributed by atoms with Crippen molar-refractivity contribution >= 4 is 17.6 Å². The predicted octanol–water partition coefficient (Wildman–Crippen LogP) is 3.60. The fraction of sp³-hybridized carbons (Fsp3) is 0.444. The molecule has 0 radical (unpaired) electrons. The molecule has 2 N–H and O–H groups in total. The normalized spacial score (nSPS) is 28.1. The molecule has 0 heterocycles. The number of hydrogen-bond acceptors (Lipinski definition) is 2. The summed E-state index contributed by atoms with van der Waals surface area (Å²) in [5, 5.41) is 12.0. The number of anilines is 1. The highest BCUT2D eigenvalue weighted by molar-refractivity contribution is 5.96. The standard InChI is InChI=1S/C18H19F2NO3/c1-8(2)14-10-4-5-11(14)16(18(23)24)15(10)17(22)21-13-7-9(19)3-6-12(13)20/h3,6-7,10-11,15-16H,4-5H2,1-2H3,(H,21,22)(H,23,24)/t10-,11-,15-,16+/m1/s1. The van der Waals surface area contributed by atoms with Crippen molar-refractivity contribution in [2.24, 2.45) is 23.7 Å². The Morgan fingerprint density at radius 3 is 2.33 bits per heavy atom. The van der Waals surface area contributed by atoms with E-state index in [1.165, 1.54) is 0 Å². The van der Waals surface area contributed by atoms with Gasteiger partial charge in [0.2, 0.25) is 5.91 Å². The summed E-state index contributed by atoms with van der Waals surface area (Å²) in [4.78, 5) is 24.4. The monoisotopic (exact) mass is 335 g/mol. The number of amides is 1. The fourth-order valence-corrected chi connectivity index (χ4v) is 4.41. The quantitative estimate of drug-likeness (QED) is 0.830. The highest BCUT2D eigenvalue weighted by Crippen LogP contribution is 2.57. The molecule has 128 valence electrons. The Morgan fingerprint density at radius 1 is 1.12 bits per heavy atom. The maximum Gasteiger partial charge on any atom is 0.307 e. The number of hydrogen-bond donors (Lipinski definition) is 2. The number of rotatable bonds is 3. The molecule has 1 aromatic rings. The molecule has 1 aromatic carbocycles. The number of aliphatic carboxylic acids is 1. The van der Waals surface area contributed by atoms with E-state index in [1.54, 1.807) is 0 Å². The molecule has 24 heavy (non-hydrogen) atoms.